The fraction of sp³-hybridized carbons (Fsp3) is 0.286. The molecule has 1 amide bonds. The highest BCUT2D eigenvalue weighted by Gasteiger charge is 2.51. The van der Waals surface area contributed by atoms with E-state index in [9.17, 15) is 9.18 Å². The molecular formula is C28H29FN4OS. The number of halogens is 1. The van der Waals surface area contributed by atoms with Crippen LogP contribution >= 0.6 is 12.2 Å². The van der Waals surface area contributed by atoms with Gasteiger partial charge in [-0.25, -0.2) is 4.39 Å². The van der Waals surface area contributed by atoms with Crippen LogP contribution in [0.2, 0.25) is 0 Å². The number of hydrogen-bond acceptors (Lipinski definition) is 3. The summed E-state index contributed by atoms with van der Waals surface area (Å²) in [4.78, 5) is 17.7. The average molecular weight is 489 g/mol. The number of para-hydroxylation sites is 1. The van der Waals surface area contributed by atoms with Gasteiger partial charge in [-0.3, -0.25) is 10.1 Å². The SMILES string of the molecule is O=C1[C@@H](Cc2ccccc2)NC2(CCN(C(=S)Nc3ccccc3F)CC2)N1Cc1ccccc1. The summed E-state index contributed by atoms with van der Waals surface area (Å²) < 4.78 is 14.1. The zero-order valence-electron chi connectivity index (χ0n) is 19.5. The molecule has 3 aromatic carbocycles. The van der Waals surface area contributed by atoms with Gasteiger partial charge in [0.2, 0.25) is 5.91 Å². The summed E-state index contributed by atoms with van der Waals surface area (Å²) in [7, 11) is 0. The smallest absolute Gasteiger partial charge is 0.241 e. The number of anilines is 1. The number of amides is 1. The van der Waals surface area contributed by atoms with Crippen molar-refractivity contribution >= 4 is 28.9 Å². The summed E-state index contributed by atoms with van der Waals surface area (Å²) in [5, 5.41) is 7.27. The summed E-state index contributed by atoms with van der Waals surface area (Å²) >= 11 is 5.59. The Morgan fingerprint density at radius 3 is 2.20 bits per heavy atom. The predicted molar refractivity (Wildman–Crippen MR) is 140 cm³/mol. The van der Waals surface area contributed by atoms with Gasteiger partial charge in [0.1, 0.15) is 5.82 Å². The van der Waals surface area contributed by atoms with Gasteiger partial charge < -0.3 is 15.1 Å². The van der Waals surface area contributed by atoms with Gasteiger partial charge in [0.15, 0.2) is 5.11 Å². The monoisotopic (exact) mass is 488 g/mol. The van der Waals surface area contributed by atoms with Gasteiger partial charge in [-0.05, 0) is 41.9 Å². The van der Waals surface area contributed by atoms with E-state index in [1.54, 1.807) is 18.2 Å². The van der Waals surface area contributed by atoms with Crippen LogP contribution in [0.1, 0.15) is 24.0 Å². The molecule has 5 nitrogen and oxygen atoms in total. The lowest BCUT2D eigenvalue weighted by Crippen LogP contribution is -2.59. The van der Waals surface area contributed by atoms with Crippen LogP contribution in [-0.2, 0) is 17.8 Å². The molecule has 3 aromatic rings. The number of carbonyl (C=O) groups excluding carboxylic acids is 1. The highest BCUT2D eigenvalue weighted by molar-refractivity contribution is 7.80. The molecule has 2 heterocycles. The molecule has 2 N–H and O–H groups in total. The number of nitrogens with one attached hydrogen (secondary N) is 2. The van der Waals surface area contributed by atoms with E-state index in [1.165, 1.54) is 6.07 Å². The van der Waals surface area contributed by atoms with Crippen LogP contribution < -0.4 is 10.6 Å². The molecule has 0 unspecified atom stereocenters. The standard InChI is InChI=1S/C28H29FN4OS/c29-23-13-7-8-14-24(23)30-27(35)32-17-15-28(16-18-32)31-25(19-21-9-3-1-4-10-21)26(34)33(28)20-22-11-5-2-6-12-22/h1-14,25,31H,15-20H2,(H,30,35)/t25-/m1/s1. The fourth-order valence-electron chi connectivity index (χ4n) is 5.10. The van der Waals surface area contributed by atoms with E-state index < -0.39 is 5.66 Å². The number of thiocarbonyl (C=S) groups is 1. The van der Waals surface area contributed by atoms with Crippen molar-refractivity contribution in [2.45, 2.75) is 37.5 Å². The van der Waals surface area contributed by atoms with Crippen LogP contribution in [-0.4, -0.2) is 45.6 Å². The van der Waals surface area contributed by atoms with E-state index in [2.05, 4.69) is 39.8 Å². The third-order valence-electron chi connectivity index (χ3n) is 6.98. The summed E-state index contributed by atoms with van der Waals surface area (Å²) in [5.74, 6) is -0.192. The zero-order valence-corrected chi connectivity index (χ0v) is 20.3. The molecule has 0 radical (unpaired) electrons. The fourth-order valence-corrected chi connectivity index (χ4v) is 5.39. The number of piperidine rings is 1. The summed E-state index contributed by atoms with van der Waals surface area (Å²) in [6.45, 7) is 1.91. The Labute approximate surface area is 210 Å². The Kier molecular flexibility index (Phi) is 6.79. The van der Waals surface area contributed by atoms with Crippen LogP contribution in [0.25, 0.3) is 0 Å². The Hall–Kier alpha value is -3.29. The molecule has 2 fully saturated rings. The first-order valence-electron chi connectivity index (χ1n) is 12.0. The number of benzene rings is 3. The molecule has 35 heavy (non-hydrogen) atoms. The van der Waals surface area contributed by atoms with Gasteiger partial charge >= 0.3 is 0 Å². The van der Waals surface area contributed by atoms with E-state index in [-0.39, 0.29) is 17.8 Å². The Bertz CT molecular complexity index is 1180. The van der Waals surface area contributed by atoms with Crippen molar-refractivity contribution in [3.05, 3.63) is 102 Å². The zero-order chi connectivity index (χ0) is 24.3. The second-order valence-electron chi connectivity index (χ2n) is 9.23. The van der Waals surface area contributed by atoms with Crippen molar-refractivity contribution < 1.29 is 9.18 Å². The molecule has 0 saturated carbocycles. The molecular weight excluding hydrogens is 459 g/mol. The lowest BCUT2D eigenvalue weighted by molar-refractivity contribution is -0.134. The van der Waals surface area contributed by atoms with E-state index in [0.29, 0.717) is 36.9 Å². The molecule has 5 rings (SSSR count). The maximum absolute atomic E-state index is 14.1. The largest absolute Gasteiger partial charge is 0.349 e. The number of carbonyl (C=O) groups is 1. The van der Waals surface area contributed by atoms with Crippen LogP contribution in [0.4, 0.5) is 10.1 Å². The predicted octanol–water partition coefficient (Wildman–Crippen LogP) is 4.56. The van der Waals surface area contributed by atoms with Crippen molar-refractivity contribution in [3.8, 4) is 0 Å². The first kappa shape index (κ1) is 23.5. The van der Waals surface area contributed by atoms with Gasteiger partial charge in [0, 0.05) is 32.5 Å². The second kappa shape index (κ2) is 10.1. The highest BCUT2D eigenvalue weighted by Crippen LogP contribution is 2.35. The first-order chi connectivity index (χ1) is 17.0. The summed E-state index contributed by atoms with van der Waals surface area (Å²) in [6, 6.07) is 26.5. The summed E-state index contributed by atoms with van der Waals surface area (Å²) in [6.07, 6.45) is 2.12. The topological polar surface area (TPSA) is 47.6 Å². The van der Waals surface area contributed by atoms with Crippen molar-refractivity contribution in [2.75, 3.05) is 18.4 Å². The van der Waals surface area contributed by atoms with Gasteiger partial charge in [0.25, 0.3) is 0 Å². The van der Waals surface area contributed by atoms with Gasteiger partial charge in [-0.1, -0.05) is 72.8 Å². The summed E-state index contributed by atoms with van der Waals surface area (Å²) in [5.41, 5.74) is 2.20. The number of likely N-dealkylation sites (tertiary alicyclic amines) is 1. The molecule has 2 saturated heterocycles. The lowest BCUT2D eigenvalue weighted by atomic mass is 9.95. The molecule has 2 aliphatic rings. The molecule has 180 valence electrons. The molecule has 7 heteroatoms. The molecule has 1 atom stereocenters. The maximum atomic E-state index is 14.1. The van der Waals surface area contributed by atoms with Crippen molar-refractivity contribution in [1.29, 1.82) is 0 Å². The van der Waals surface area contributed by atoms with Crippen LogP contribution in [0, 0.1) is 5.82 Å². The van der Waals surface area contributed by atoms with Crippen LogP contribution in [0.3, 0.4) is 0 Å². The van der Waals surface area contributed by atoms with Crippen molar-refractivity contribution in [3.63, 3.8) is 0 Å². The van der Waals surface area contributed by atoms with Crippen molar-refractivity contribution in [2.24, 2.45) is 0 Å². The third-order valence-corrected chi connectivity index (χ3v) is 7.34. The van der Waals surface area contributed by atoms with Gasteiger partial charge in [-0.2, -0.15) is 0 Å². The Morgan fingerprint density at radius 2 is 1.54 bits per heavy atom. The lowest BCUT2D eigenvalue weighted by Gasteiger charge is -2.45. The van der Waals surface area contributed by atoms with E-state index >= 15 is 0 Å². The Morgan fingerprint density at radius 1 is 0.943 bits per heavy atom. The minimum atomic E-state index is -0.434. The molecule has 0 bridgehead atoms. The van der Waals surface area contributed by atoms with Crippen LogP contribution in [0.15, 0.2) is 84.9 Å². The van der Waals surface area contributed by atoms with Gasteiger partial charge in [0.05, 0.1) is 17.4 Å². The second-order valence-corrected chi connectivity index (χ2v) is 9.61. The van der Waals surface area contributed by atoms with Crippen LogP contribution in [0.5, 0.6) is 0 Å². The minimum absolute atomic E-state index is 0.137. The maximum Gasteiger partial charge on any atom is 0.241 e. The van der Waals surface area contributed by atoms with Crippen molar-refractivity contribution in [1.82, 2.24) is 15.1 Å². The molecule has 0 aromatic heterocycles. The number of rotatable bonds is 5. The van der Waals surface area contributed by atoms with E-state index in [0.717, 1.165) is 24.0 Å². The normalized spacial score (nSPS) is 19.2. The quantitative estimate of drug-likeness (QED) is 0.516. The molecule has 1 spiro atoms. The Balaban J connectivity index is 1.32. The van der Waals surface area contributed by atoms with E-state index in [1.807, 2.05) is 41.3 Å². The van der Waals surface area contributed by atoms with E-state index in [4.69, 9.17) is 12.2 Å². The third kappa shape index (κ3) is 5.06. The molecule has 0 aliphatic carbocycles. The minimum Gasteiger partial charge on any atom is -0.349 e. The number of hydrogen-bond donors (Lipinski definition) is 2. The average Bonchev–Trinajstić information content (AvgIpc) is 3.12. The first-order valence-corrected chi connectivity index (χ1v) is 12.4. The molecule has 2 aliphatic heterocycles. The van der Waals surface area contributed by atoms with Gasteiger partial charge in [-0.15, -0.1) is 0 Å². The number of nitrogens with zero attached hydrogens (tertiary/aromatic N) is 2. The highest BCUT2D eigenvalue weighted by atomic mass is 32.1.